The van der Waals surface area contributed by atoms with E-state index in [2.05, 4.69) is 22.2 Å². The Morgan fingerprint density at radius 3 is 2.64 bits per heavy atom. The van der Waals surface area contributed by atoms with E-state index in [1.807, 2.05) is 25.1 Å². The lowest BCUT2D eigenvalue weighted by Crippen LogP contribution is -2.62. The fourth-order valence-electron chi connectivity index (χ4n) is 4.22. The third kappa shape index (κ3) is 5.02. The van der Waals surface area contributed by atoms with Crippen LogP contribution in [-0.4, -0.2) is 73.4 Å². The van der Waals surface area contributed by atoms with Crippen molar-refractivity contribution in [3.63, 3.8) is 0 Å². The van der Waals surface area contributed by atoms with Gasteiger partial charge in [0.25, 0.3) is 5.91 Å². The van der Waals surface area contributed by atoms with Gasteiger partial charge in [0, 0.05) is 31.9 Å². The van der Waals surface area contributed by atoms with E-state index < -0.39 is 16.1 Å². The summed E-state index contributed by atoms with van der Waals surface area (Å²) in [6.07, 6.45) is 1.39. The fraction of sp³-hybridized carbons (Fsp3) is 0.455. The van der Waals surface area contributed by atoms with Crippen molar-refractivity contribution in [2.45, 2.75) is 32.5 Å². The zero-order valence-corrected chi connectivity index (χ0v) is 19.7. The number of hydrogen-bond acceptors (Lipinski definition) is 7. The molecule has 3 N–H and O–H groups in total. The normalized spacial score (nSPS) is 20.3. The van der Waals surface area contributed by atoms with Gasteiger partial charge in [0.05, 0.1) is 42.7 Å². The summed E-state index contributed by atoms with van der Waals surface area (Å²) in [6.45, 7) is 6.91. The van der Waals surface area contributed by atoms with Crippen LogP contribution >= 0.6 is 0 Å². The number of pyridine rings is 1. The lowest BCUT2D eigenvalue weighted by Gasteiger charge is -2.46. The van der Waals surface area contributed by atoms with E-state index in [4.69, 9.17) is 10.6 Å². The van der Waals surface area contributed by atoms with Crippen LogP contribution in [0.5, 0.6) is 0 Å². The molecule has 2 aromatic rings. The molecule has 2 fully saturated rings. The number of ether oxygens (including phenoxy) is 1. The number of carbonyl (C=O) groups excluding carboxylic acids is 1. The fourth-order valence-corrected chi connectivity index (χ4v) is 5.89. The van der Waals surface area contributed by atoms with E-state index in [1.54, 1.807) is 22.5 Å². The molecule has 0 aliphatic carbocycles. The van der Waals surface area contributed by atoms with Gasteiger partial charge in [-0.25, -0.2) is 5.84 Å². The van der Waals surface area contributed by atoms with Crippen molar-refractivity contribution < 1.29 is 17.9 Å². The van der Waals surface area contributed by atoms with Gasteiger partial charge in [0.15, 0.2) is 0 Å². The van der Waals surface area contributed by atoms with E-state index in [1.165, 1.54) is 10.5 Å². The van der Waals surface area contributed by atoms with Gasteiger partial charge in [-0.15, -0.1) is 0 Å². The summed E-state index contributed by atoms with van der Waals surface area (Å²) >= 11 is 0. The number of hydrazine groups is 1. The molecule has 3 heterocycles. The van der Waals surface area contributed by atoms with Crippen molar-refractivity contribution in [2.24, 2.45) is 5.84 Å². The minimum atomic E-state index is -3.82. The van der Waals surface area contributed by atoms with Crippen LogP contribution in [0.3, 0.4) is 0 Å². The first-order valence-corrected chi connectivity index (χ1v) is 12.3. The summed E-state index contributed by atoms with van der Waals surface area (Å²) in [7, 11) is -3.82. The van der Waals surface area contributed by atoms with E-state index in [0.29, 0.717) is 55.8 Å². The molecular weight excluding hydrogens is 444 g/mol. The Kier molecular flexibility index (Phi) is 6.96. The number of nitrogens with two attached hydrogens (primary N) is 1. The predicted octanol–water partition coefficient (Wildman–Crippen LogP) is 0.650. The highest BCUT2D eigenvalue weighted by Crippen LogP contribution is 2.27. The Hall–Kier alpha value is -2.57. The summed E-state index contributed by atoms with van der Waals surface area (Å²) in [5.74, 6) is 4.72. The molecular formula is C22H30N6O4S. The van der Waals surface area contributed by atoms with Crippen molar-refractivity contribution in [3.05, 3.63) is 59.4 Å². The van der Waals surface area contributed by atoms with Crippen LogP contribution < -0.4 is 15.6 Å². The number of aryl methyl sites for hydroxylation is 1. The first-order valence-electron chi connectivity index (χ1n) is 10.9. The molecule has 1 aromatic heterocycles. The molecule has 4 rings (SSSR count). The Morgan fingerprint density at radius 1 is 1.27 bits per heavy atom. The number of aromatic nitrogens is 1. The Bertz CT molecular complexity index is 1090. The average Bonchev–Trinajstić information content (AvgIpc) is 2.77. The molecule has 11 heteroatoms. The van der Waals surface area contributed by atoms with Gasteiger partial charge in [-0.2, -0.15) is 12.7 Å². The molecule has 0 bridgehead atoms. The molecule has 0 saturated carbocycles. The summed E-state index contributed by atoms with van der Waals surface area (Å²) < 4.78 is 35.9. The number of hydrogen-bond donors (Lipinski definition) is 2. The van der Waals surface area contributed by atoms with Crippen LogP contribution in [0.1, 0.15) is 28.5 Å². The first kappa shape index (κ1) is 23.6. The number of amides is 1. The number of nitrogens with one attached hydrogen (secondary N) is 1. The Morgan fingerprint density at radius 2 is 2.06 bits per heavy atom. The lowest BCUT2D eigenvalue weighted by atomic mass is 10.1. The predicted molar refractivity (Wildman–Crippen MR) is 125 cm³/mol. The third-order valence-corrected chi connectivity index (χ3v) is 8.03. The number of anilines is 1. The van der Waals surface area contributed by atoms with Gasteiger partial charge in [-0.3, -0.25) is 24.4 Å². The molecule has 178 valence electrons. The minimum absolute atomic E-state index is 0.0430. The molecule has 1 amide bonds. The van der Waals surface area contributed by atoms with Gasteiger partial charge >= 0.3 is 10.2 Å². The number of nitrogens with zero attached hydrogens (tertiary/aromatic N) is 4. The monoisotopic (exact) mass is 474 g/mol. The highest BCUT2D eigenvalue weighted by molar-refractivity contribution is 7.90. The van der Waals surface area contributed by atoms with Gasteiger partial charge in [-0.05, 0) is 43.7 Å². The summed E-state index contributed by atoms with van der Waals surface area (Å²) in [6, 6.07) is 11.1. The van der Waals surface area contributed by atoms with E-state index in [0.717, 1.165) is 5.56 Å². The van der Waals surface area contributed by atoms with E-state index in [9.17, 15) is 13.2 Å². The van der Waals surface area contributed by atoms with Crippen molar-refractivity contribution in [1.82, 2.24) is 19.6 Å². The standard InChI is InChI=1S/C22H30N6O4S/c1-16-4-3-5-20(10-16)28(13-19-7-6-18(11-24-19)22(29)25-23)33(30,31)26-8-9-27(17(2)12-26)21-14-32-15-21/h3-7,10-11,17,21H,8-9,12-15,23H2,1-2H3,(H,25,29)/t17-/m0/s1. The zero-order valence-electron chi connectivity index (χ0n) is 18.8. The Balaban J connectivity index is 1.59. The number of rotatable bonds is 7. The van der Waals surface area contributed by atoms with Gasteiger partial charge in [-0.1, -0.05) is 12.1 Å². The summed E-state index contributed by atoms with van der Waals surface area (Å²) in [5.41, 5.74) is 4.41. The molecule has 0 unspecified atom stereocenters. The van der Waals surface area contributed by atoms with Crippen molar-refractivity contribution in [1.29, 1.82) is 0 Å². The third-order valence-electron chi connectivity index (χ3n) is 6.15. The zero-order chi connectivity index (χ0) is 23.6. The maximum Gasteiger partial charge on any atom is 0.304 e. The molecule has 2 saturated heterocycles. The maximum atomic E-state index is 13.8. The molecule has 0 spiro atoms. The topological polar surface area (TPSA) is 121 Å². The molecule has 1 aromatic carbocycles. The molecule has 10 nitrogen and oxygen atoms in total. The second kappa shape index (κ2) is 9.74. The van der Waals surface area contributed by atoms with Crippen LogP contribution in [0.4, 0.5) is 5.69 Å². The van der Waals surface area contributed by atoms with Gasteiger partial charge < -0.3 is 4.74 Å². The summed E-state index contributed by atoms with van der Waals surface area (Å²) in [4.78, 5) is 18.3. The van der Waals surface area contributed by atoms with Crippen LogP contribution in [0.15, 0.2) is 42.6 Å². The molecule has 2 aliphatic heterocycles. The number of nitrogen functional groups attached to an aromatic ring is 1. The molecule has 1 atom stereocenters. The first-order chi connectivity index (χ1) is 15.8. The van der Waals surface area contributed by atoms with Crippen LogP contribution in [0.25, 0.3) is 0 Å². The Labute approximate surface area is 194 Å². The minimum Gasteiger partial charge on any atom is -0.378 e. The quantitative estimate of drug-likeness (QED) is 0.343. The molecule has 0 radical (unpaired) electrons. The average molecular weight is 475 g/mol. The van der Waals surface area contributed by atoms with E-state index in [-0.39, 0.29) is 12.6 Å². The van der Waals surface area contributed by atoms with Crippen molar-refractivity contribution in [3.8, 4) is 0 Å². The number of benzene rings is 1. The van der Waals surface area contributed by atoms with E-state index >= 15 is 0 Å². The van der Waals surface area contributed by atoms with Crippen LogP contribution in [-0.2, 0) is 21.5 Å². The molecule has 2 aliphatic rings. The smallest absolute Gasteiger partial charge is 0.304 e. The number of carbonyl (C=O) groups is 1. The second-order valence-corrected chi connectivity index (χ2v) is 10.4. The highest BCUT2D eigenvalue weighted by Gasteiger charge is 2.39. The van der Waals surface area contributed by atoms with Crippen LogP contribution in [0.2, 0.25) is 0 Å². The van der Waals surface area contributed by atoms with Crippen LogP contribution in [0, 0.1) is 6.92 Å². The highest BCUT2D eigenvalue weighted by atomic mass is 32.2. The lowest BCUT2D eigenvalue weighted by molar-refractivity contribution is -0.0873. The maximum absolute atomic E-state index is 13.8. The van der Waals surface area contributed by atoms with Gasteiger partial charge in [0.1, 0.15) is 0 Å². The van der Waals surface area contributed by atoms with Gasteiger partial charge in [0.2, 0.25) is 0 Å². The second-order valence-electron chi connectivity index (χ2n) is 8.50. The molecule has 33 heavy (non-hydrogen) atoms. The SMILES string of the molecule is Cc1cccc(N(Cc2ccc(C(=O)NN)cn2)S(=O)(=O)N2CCN(C3COC3)[C@@H](C)C2)c1. The van der Waals surface area contributed by atoms with Crippen molar-refractivity contribution in [2.75, 3.05) is 37.2 Å². The summed E-state index contributed by atoms with van der Waals surface area (Å²) in [5, 5.41) is 0. The van der Waals surface area contributed by atoms with Crippen molar-refractivity contribution >= 4 is 21.8 Å². The number of piperazine rings is 1. The largest absolute Gasteiger partial charge is 0.378 e.